The van der Waals surface area contributed by atoms with Crippen LogP contribution in [0.5, 0.6) is 0 Å². The van der Waals surface area contributed by atoms with Gasteiger partial charge in [0.05, 0.1) is 6.61 Å². The van der Waals surface area contributed by atoms with Crippen LogP contribution in [0.4, 0.5) is 4.39 Å². The van der Waals surface area contributed by atoms with E-state index in [1.54, 1.807) is 6.07 Å². The lowest BCUT2D eigenvalue weighted by Crippen LogP contribution is -2.18. The van der Waals surface area contributed by atoms with Gasteiger partial charge in [0.15, 0.2) is 0 Å². The molecule has 0 saturated heterocycles. The third kappa shape index (κ3) is 3.79. The topological polar surface area (TPSA) is 32.3 Å². The third-order valence-electron chi connectivity index (χ3n) is 3.25. The zero-order valence-electron chi connectivity index (χ0n) is 11.2. The van der Waals surface area contributed by atoms with Crippen LogP contribution in [0.25, 0.3) is 0 Å². The first kappa shape index (κ1) is 15.0. The van der Waals surface area contributed by atoms with Crippen molar-refractivity contribution in [2.24, 2.45) is 0 Å². The summed E-state index contributed by atoms with van der Waals surface area (Å²) in [6.07, 6.45) is 0. The Bertz CT molecular complexity index is 571. The number of rotatable bonds is 5. The summed E-state index contributed by atoms with van der Waals surface area (Å²) in [4.78, 5) is 0. The van der Waals surface area contributed by atoms with E-state index in [1.807, 2.05) is 31.2 Å². The van der Waals surface area contributed by atoms with Gasteiger partial charge >= 0.3 is 0 Å². The van der Waals surface area contributed by atoms with Crippen molar-refractivity contribution in [3.05, 3.63) is 70.0 Å². The Hall–Kier alpha value is -1.42. The standard InChI is InChI=1S/C16H17ClFNO/c1-11(15-7-6-14(18)8-16(15)17)19-9-12-2-4-13(10-20)5-3-12/h2-8,11,19-20H,9-10H2,1H3. The maximum Gasteiger partial charge on any atom is 0.124 e. The maximum atomic E-state index is 13.0. The minimum absolute atomic E-state index is 0.0284. The van der Waals surface area contributed by atoms with Crippen molar-refractivity contribution >= 4 is 11.6 Å². The molecule has 0 saturated carbocycles. The first-order valence-corrected chi connectivity index (χ1v) is 6.85. The van der Waals surface area contributed by atoms with Crippen molar-refractivity contribution < 1.29 is 9.50 Å². The number of aliphatic hydroxyl groups is 1. The zero-order valence-corrected chi connectivity index (χ0v) is 12.0. The van der Waals surface area contributed by atoms with Crippen molar-refractivity contribution in [2.45, 2.75) is 26.1 Å². The molecule has 0 aliphatic carbocycles. The Morgan fingerprint density at radius 1 is 1.15 bits per heavy atom. The molecule has 20 heavy (non-hydrogen) atoms. The molecule has 1 unspecified atom stereocenters. The summed E-state index contributed by atoms with van der Waals surface area (Å²) >= 11 is 6.04. The number of nitrogens with one attached hydrogen (secondary N) is 1. The summed E-state index contributed by atoms with van der Waals surface area (Å²) in [6.45, 7) is 2.72. The highest BCUT2D eigenvalue weighted by atomic mass is 35.5. The highest BCUT2D eigenvalue weighted by molar-refractivity contribution is 6.31. The molecule has 0 bridgehead atoms. The fourth-order valence-corrected chi connectivity index (χ4v) is 2.33. The molecule has 2 aromatic rings. The summed E-state index contributed by atoms with van der Waals surface area (Å²) in [5.74, 6) is -0.328. The van der Waals surface area contributed by atoms with E-state index in [9.17, 15) is 4.39 Å². The van der Waals surface area contributed by atoms with Gasteiger partial charge in [-0.15, -0.1) is 0 Å². The molecule has 0 aliphatic rings. The molecule has 106 valence electrons. The van der Waals surface area contributed by atoms with E-state index in [2.05, 4.69) is 5.32 Å². The van der Waals surface area contributed by atoms with Gasteiger partial charge in [-0.25, -0.2) is 4.39 Å². The quantitative estimate of drug-likeness (QED) is 0.878. The molecule has 1 atom stereocenters. The Kier molecular flexibility index (Phi) is 5.12. The van der Waals surface area contributed by atoms with Gasteiger partial charge in [0.2, 0.25) is 0 Å². The van der Waals surface area contributed by atoms with Crippen LogP contribution in [0.15, 0.2) is 42.5 Å². The molecule has 0 radical (unpaired) electrons. The molecule has 0 aliphatic heterocycles. The van der Waals surface area contributed by atoms with Crippen molar-refractivity contribution in [1.82, 2.24) is 5.32 Å². The lowest BCUT2D eigenvalue weighted by molar-refractivity contribution is 0.282. The van der Waals surface area contributed by atoms with Crippen molar-refractivity contribution in [1.29, 1.82) is 0 Å². The van der Waals surface area contributed by atoms with Crippen LogP contribution < -0.4 is 5.32 Å². The Labute approximate surface area is 123 Å². The van der Waals surface area contributed by atoms with E-state index < -0.39 is 0 Å². The summed E-state index contributed by atoms with van der Waals surface area (Å²) < 4.78 is 13.0. The third-order valence-corrected chi connectivity index (χ3v) is 3.57. The summed E-state index contributed by atoms with van der Waals surface area (Å²) in [5, 5.41) is 12.8. The second kappa shape index (κ2) is 6.84. The van der Waals surface area contributed by atoms with E-state index in [4.69, 9.17) is 16.7 Å². The zero-order chi connectivity index (χ0) is 14.5. The number of hydrogen-bond acceptors (Lipinski definition) is 2. The summed E-state index contributed by atoms with van der Waals surface area (Å²) in [7, 11) is 0. The van der Waals surface area contributed by atoms with Gasteiger partial charge in [0.25, 0.3) is 0 Å². The van der Waals surface area contributed by atoms with Crippen molar-refractivity contribution in [3.8, 4) is 0 Å². The van der Waals surface area contributed by atoms with Gasteiger partial charge in [-0.2, -0.15) is 0 Å². The normalized spacial score (nSPS) is 12.4. The van der Waals surface area contributed by atoms with Gasteiger partial charge in [-0.1, -0.05) is 41.9 Å². The average molecular weight is 294 g/mol. The van der Waals surface area contributed by atoms with Crippen molar-refractivity contribution in [3.63, 3.8) is 0 Å². The molecule has 0 spiro atoms. The van der Waals surface area contributed by atoms with Crippen LogP contribution in [0.2, 0.25) is 5.02 Å². The number of halogens is 2. The first-order chi connectivity index (χ1) is 9.60. The van der Waals surface area contributed by atoms with Gasteiger partial charge in [0.1, 0.15) is 5.82 Å². The molecule has 0 aromatic heterocycles. The molecule has 2 nitrogen and oxygen atoms in total. The Morgan fingerprint density at radius 2 is 1.80 bits per heavy atom. The molecule has 0 amide bonds. The highest BCUT2D eigenvalue weighted by Gasteiger charge is 2.09. The van der Waals surface area contributed by atoms with Crippen LogP contribution in [0, 0.1) is 5.82 Å². The van der Waals surface area contributed by atoms with E-state index >= 15 is 0 Å². The maximum absolute atomic E-state index is 13.0. The highest BCUT2D eigenvalue weighted by Crippen LogP contribution is 2.23. The van der Waals surface area contributed by atoms with E-state index in [-0.39, 0.29) is 18.5 Å². The molecule has 2 aromatic carbocycles. The fraction of sp³-hybridized carbons (Fsp3) is 0.250. The monoisotopic (exact) mass is 293 g/mol. The van der Waals surface area contributed by atoms with E-state index in [1.165, 1.54) is 12.1 Å². The Balaban J connectivity index is 1.98. The molecular formula is C16H17ClFNO. The average Bonchev–Trinajstić information content (AvgIpc) is 2.45. The van der Waals surface area contributed by atoms with Crippen molar-refractivity contribution in [2.75, 3.05) is 0 Å². The molecular weight excluding hydrogens is 277 g/mol. The van der Waals surface area contributed by atoms with Gasteiger partial charge in [-0.3, -0.25) is 0 Å². The van der Waals surface area contributed by atoms with Crippen LogP contribution in [-0.4, -0.2) is 5.11 Å². The predicted octanol–water partition coefficient (Wildman–Crippen LogP) is 3.82. The van der Waals surface area contributed by atoms with E-state index in [0.29, 0.717) is 11.6 Å². The molecule has 0 heterocycles. The number of aliphatic hydroxyl groups excluding tert-OH is 1. The summed E-state index contributed by atoms with van der Waals surface area (Å²) in [6, 6.07) is 12.2. The van der Waals surface area contributed by atoms with Crippen LogP contribution in [-0.2, 0) is 13.2 Å². The molecule has 2 rings (SSSR count). The lowest BCUT2D eigenvalue weighted by Gasteiger charge is -2.16. The van der Waals surface area contributed by atoms with Gasteiger partial charge < -0.3 is 10.4 Å². The molecule has 4 heteroatoms. The van der Waals surface area contributed by atoms with Crippen LogP contribution in [0.3, 0.4) is 0 Å². The van der Waals surface area contributed by atoms with Crippen LogP contribution >= 0.6 is 11.6 Å². The predicted molar refractivity (Wildman–Crippen MR) is 79.0 cm³/mol. The number of benzene rings is 2. The minimum Gasteiger partial charge on any atom is -0.392 e. The minimum atomic E-state index is -0.328. The van der Waals surface area contributed by atoms with Crippen LogP contribution in [0.1, 0.15) is 29.7 Å². The molecule has 0 fully saturated rings. The SMILES string of the molecule is CC(NCc1ccc(CO)cc1)c1ccc(F)cc1Cl. The first-order valence-electron chi connectivity index (χ1n) is 6.47. The smallest absolute Gasteiger partial charge is 0.124 e. The number of hydrogen-bond donors (Lipinski definition) is 2. The Morgan fingerprint density at radius 3 is 2.40 bits per heavy atom. The summed E-state index contributed by atoms with van der Waals surface area (Å²) in [5.41, 5.74) is 2.88. The van der Waals surface area contributed by atoms with E-state index in [0.717, 1.165) is 16.7 Å². The molecule has 2 N–H and O–H groups in total. The lowest BCUT2D eigenvalue weighted by atomic mass is 10.1. The fourth-order valence-electron chi connectivity index (χ4n) is 2.00. The second-order valence-electron chi connectivity index (χ2n) is 4.74. The van der Waals surface area contributed by atoms with Gasteiger partial charge in [0, 0.05) is 17.6 Å². The largest absolute Gasteiger partial charge is 0.392 e. The van der Waals surface area contributed by atoms with Gasteiger partial charge in [-0.05, 0) is 35.7 Å². The second-order valence-corrected chi connectivity index (χ2v) is 5.15.